The second-order valence-electron chi connectivity index (χ2n) is 7.64. The molecule has 2 aromatic heterocycles. The van der Waals surface area contributed by atoms with E-state index in [0.29, 0.717) is 12.1 Å². The van der Waals surface area contributed by atoms with Crippen molar-refractivity contribution >= 4 is 20.9 Å². The van der Waals surface area contributed by atoms with Crippen LogP contribution in [0.1, 0.15) is 22.6 Å². The maximum absolute atomic E-state index is 13.3. The van der Waals surface area contributed by atoms with Crippen LogP contribution < -0.4 is 0 Å². The number of fused-ring (bicyclic) bond motifs is 2. The van der Waals surface area contributed by atoms with Crippen molar-refractivity contribution in [1.29, 1.82) is 0 Å². The molecule has 7 heteroatoms. The van der Waals surface area contributed by atoms with E-state index in [4.69, 9.17) is 0 Å². The molecule has 0 amide bonds. The fourth-order valence-electron chi connectivity index (χ4n) is 4.10. The van der Waals surface area contributed by atoms with Crippen molar-refractivity contribution in [3.8, 4) is 0 Å². The highest BCUT2D eigenvalue weighted by molar-refractivity contribution is 7.90. The molecule has 0 aliphatic carbocycles. The molecule has 0 spiro atoms. The molecule has 0 radical (unpaired) electrons. The summed E-state index contributed by atoms with van der Waals surface area (Å²) in [5.74, 6) is 0.802. The molecule has 6 nitrogen and oxygen atoms in total. The van der Waals surface area contributed by atoms with Gasteiger partial charge in [0, 0.05) is 55.1 Å². The summed E-state index contributed by atoms with van der Waals surface area (Å²) in [6.45, 7) is 4.23. The third-order valence-electron chi connectivity index (χ3n) is 5.59. The molecule has 0 bridgehead atoms. The minimum atomic E-state index is -3.66. The van der Waals surface area contributed by atoms with Crippen LogP contribution in [0, 0.1) is 6.92 Å². The van der Waals surface area contributed by atoms with Crippen molar-refractivity contribution in [2.75, 3.05) is 6.54 Å². The molecule has 5 rings (SSSR count). The van der Waals surface area contributed by atoms with E-state index in [2.05, 4.69) is 14.9 Å². The Morgan fingerprint density at radius 1 is 1.03 bits per heavy atom. The second kappa shape index (κ2) is 7.34. The first-order valence-electron chi connectivity index (χ1n) is 9.96. The molecular weight excluding hydrogens is 396 g/mol. The van der Waals surface area contributed by atoms with E-state index in [1.54, 1.807) is 30.5 Å². The van der Waals surface area contributed by atoms with Crippen molar-refractivity contribution in [2.45, 2.75) is 31.3 Å². The second-order valence-corrected chi connectivity index (χ2v) is 9.45. The van der Waals surface area contributed by atoms with Crippen LogP contribution >= 0.6 is 0 Å². The summed E-state index contributed by atoms with van der Waals surface area (Å²) in [5, 5.41) is 0.961. The predicted octanol–water partition coefficient (Wildman–Crippen LogP) is 3.54. The van der Waals surface area contributed by atoms with E-state index >= 15 is 0 Å². The molecule has 4 aromatic rings. The number of benzene rings is 2. The van der Waals surface area contributed by atoms with Crippen LogP contribution in [0.3, 0.4) is 0 Å². The lowest BCUT2D eigenvalue weighted by Gasteiger charge is -2.27. The Morgan fingerprint density at radius 3 is 2.63 bits per heavy atom. The first-order chi connectivity index (χ1) is 14.5. The zero-order chi connectivity index (χ0) is 20.7. The van der Waals surface area contributed by atoms with Crippen LogP contribution in [-0.4, -0.2) is 33.8 Å². The van der Waals surface area contributed by atoms with Crippen LogP contribution in [0.4, 0.5) is 0 Å². The van der Waals surface area contributed by atoms with Gasteiger partial charge in [-0.3, -0.25) is 4.90 Å². The first kappa shape index (κ1) is 19.0. The maximum atomic E-state index is 13.3. The Hall–Kier alpha value is -3.03. The molecule has 0 unspecified atom stereocenters. The highest BCUT2D eigenvalue weighted by atomic mass is 32.2. The van der Waals surface area contributed by atoms with Crippen LogP contribution in [0.15, 0.2) is 71.9 Å². The third-order valence-corrected chi connectivity index (χ3v) is 7.28. The zero-order valence-electron chi connectivity index (χ0n) is 16.7. The minimum Gasteiger partial charge on any atom is -0.294 e. The van der Waals surface area contributed by atoms with Gasteiger partial charge >= 0.3 is 0 Å². The number of hydrogen-bond acceptors (Lipinski definition) is 5. The van der Waals surface area contributed by atoms with Crippen LogP contribution in [-0.2, 0) is 29.5 Å². The molecule has 3 heterocycles. The average molecular weight is 419 g/mol. The summed E-state index contributed by atoms with van der Waals surface area (Å²) in [6, 6.07) is 16.3. The monoisotopic (exact) mass is 418 g/mol. The van der Waals surface area contributed by atoms with Gasteiger partial charge in [-0.1, -0.05) is 36.4 Å². The zero-order valence-corrected chi connectivity index (χ0v) is 17.5. The van der Waals surface area contributed by atoms with E-state index < -0.39 is 10.0 Å². The fraction of sp³-hybridized carbons (Fsp3) is 0.217. The van der Waals surface area contributed by atoms with Crippen molar-refractivity contribution in [3.05, 3.63) is 89.6 Å². The normalized spacial score (nSPS) is 14.7. The molecule has 152 valence electrons. The number of nitrogens with zero attached hydrogens (tertiary/aromatic N) is 4. The van der Waals surface area contributed by atoms with E-state index in [1.165, 1.54) is 3.97 Å². The van der Waals surface area contributed by atoms with Gasteiger partial charge in [-0.05, 0) is 30.7 Å². The van der Waals surface area contributed by atoms with E-state index in [1.807, 2.05) is 43.5 Å². The van der Waals surface area contributed by atoms with Gasteiger partial charge in [0.1, 0.15) is 5.82 Å². The molecule has 1 aliphatic heterocycles. The third kappa shape index (κ3) is 3.30. The molecule has 0 N–H and O–H groups in total. The lowest BCUT2D eigenvalue weighted by Crippen LogP contribution is -2.31. The Kier molecular flexibility index (Phi) is 4.64. The van der Waals surface area contributed by atoms with Gasteiger partial charge < -0.3 is 0 Å². The van der Waals surface area contributed by atoms with Crippen molar-refractivity contribution in [3.63, 3.8) is 0 Å². The molecule has 1 aliphatic rings. The number of aromatic nitrogens is 3. The topological polar surface area (TPSA) is 68.1 Å². The summed E-state index contributed by atoms with van der Waals surface area (Å²) in [7, 11) is -3.66. The van der Waals surface area contributed by atoms with Gasteiger partial charge in [0.15, 0.2) is 0 Å². The van der Waals surface area contributed by atoms with Gasteiger partial charge in [-0.25, -0.2) is 22.4 Å². The Labute approximate surface area is 175 Å². The summed E-state index contributed by atoms with van der Waals surface area (Å²) < 4.78 is 28.0. The highest BCUT2D eigenvalue weighted by Crippen LogP contribution is 2.28. The Bertz CT molecular complexity index is 1330. The van der Waals surface area contributed by atoms with Crippen molar-refractivity contribution in [2.24, 2.45) is 0 Å². The molecule has 30 heavy (non-hydrogen) atoms. The van der Waals surface area contributed by atoms with Crippen LogP contribution in [0.25, 0.3) is 10.9 Å². The summed E-state index contributed by atoms with van der Waals surface area (Å²) >= 11 is 0. The summed E-state index contributed by atoms with van der Waals surface area (Å²) in [6.07, 6.45) is 4.56. The van der Waals surface area contributed by atoms with Gasteiger partial charge in [0.05, 0.1) is 10.4 Å². The Balaban J connectivity index is 1.51. The fourth-order valence-corrected chi connectivity index (χ4v) is 5.51. The molecule has 0 atom stereocenters. The van der Waals surface area contributed by atoms with Crippen molar-refractivity contribution in [1.82, 2.24) is 18.8 Å². The van der Waals surface area contributed by atoms with Gasteiger partial charge in [0.25, 0.3) is 10.0 Å². The van der Waals surface area contributed by atoms with E-state index in [0.717, 1.165) is 47.5 Å². The average Bonchev–Trinajstić information content (AvgIpc) is 3.14. The number of aryl methyl sites for hydroxylation is 1. The summed E-state index contributed by atoms with van der Waals surface area (Å²) in [4.78, 5) is 11.5. The number of rotatable bonds is 4. The number of para-hydroxylation sites is 1. The SMILES string of the molecule is Cc1ncc2c(n1)CCN(Cc1cn(S(=O)(=O)c3ccccc3)c3ccccc13)C2. The maximum Gasteiger partial charge on any atom is 0.268 e. The molecule has 0 saturated heterocycles. The lowest BCUT2D eigenvalue weighted by molar-refractivity contribution is 0.243. The van der Waals surface area contributed by atoms with Crippen molar-refractivity contribution < 1.29 is 8.42 Å². The predicted molar refractivity (Wildman–Crippen MR) is 116 cm³/mol. The van der Waals surface area contributed by atoms with Gasteiger partial charge in [-0.2, -0.15) is 0 Å². The van der Waals surface area contributed by atoms with Crippen LogP contribution in [0.2, 0.25) is 0 Å². The highest BCUT2D eigenvalue weighted by Gasteiger charge is 2.23. The summed E-state index contributed by atoms with van der Waals surface area (Å²) in [5.41, 5.74) is 3.97. The van der Waals surface area contributed by atoms with Gasteiger partial charge in [-0.15, -0.1) is 0 Å². The largest absolute Gasteiger partial charge is 0.294 e. The van der Waals surface area contributed by atoms with E-state index in [9.17, 15) is 8.42 Å². The van der Waals surface area contributed by atoms with Gasteiger partial charge in [0.2, 0.25) is 0 Å². The van der Waals surface area contributed by atoms with E-state index in [-0.39, 0.29) is 4.90 Å². The minimum absolute atomic E-state index is 0.289. The number of hydrogen-bond donors (Lipinski definition) is 0. The standard InChI is InChI=1S/C23H22N4O2S/c1-17-24-13-18-14-26(12-11-22(18)25-17)15-19-16-27(23-10-6-5-9-21(19)23)30(28,29)20-7-3-2-4-8-20/h2-10,13,16H,11-12,14-15H2,1H3. The smallest absolute Gasteiger partial charge is 0.268 e. The Morgan fingerprint density at radius 2 is 1.80 bits per heavy atom. The molecule has 0 saturated carbocycles. The quantitative estimate of drug-likeness (QED) is 0.507. The lowest BCUT2D eigenvalue weighted by atomic mass is 10.1. The molecule has 0 fully saturated rings. The van der Waals surface area contributed by atoms with Crippen LogP contribution in [0.5, 0.6) is 0 Å². The molecule has 2 aromatic carbocycles. The first-order valence-corrected chi connectivity index (χ1v) is 11.4. The molecular formula is C23H22N4O2S.